The van der Waals surface area contributed by atoms with Crippen LogP contribution in [0, 0.1) is 10.1 Å². The summed E-state index contributed by atoms with van der Waals surface area (Å²) >= 11 is 0. The highest BCUT2D eigenvalue weighted by Gasteiger charge is 2.11. The van der Waals surface area contributed by atoms with E-state index < -0.39 is 4.92 Å². The normalized spacial score (nSPS) is 9.71. The van der Waals surface area contributed by atoms with E-state index in [1.807, 2.05) is 0 Å². The van der Waals surface area contributed by atoms with Crippen molar-refractivity contribution in [3.05, 3.63) is 34.4 Å². The van der Waals surface area contributed by atoms with Crippen molar-refractivity contribution in [2.24, 2.45) is 0 Å². The second kappa shape index (κ2) is 6.47. The summed E-state index contributed by atoms with van der Waals surface area (Å²) in [5, 5.41) is 16.3. The minimum Gasteiger partial charge on any atom is -0.378 e. The quantitative estimate of drug-likeness (QED) is 0.446. The van der Waals surface area contributed by atoms with Crippen LogP contribution in [-0.4, -0.2) is 23.9 Å². The van der Waals surface area contributed by atoms with Gasteiger partial charge >= 0.3 is 0 Å². The molecule has 92 valence electrons. The second-order valence-corrected chi connectivity index (χ2v) is 3.40. The number of carbonyl (C=O) groups excluding carboxylic acids is 1. The zero-order chi connectivity index (χ0) is 12.7. The highest BCUT2D eigenvalue weighted by atomic mass is 16.6. The first-order chi connectivity index (χ1) is 8.15. The molecule has 17 heavy (non-hydrogen) atoms. The number of amides is 1. The van der Waals surface area contributed by atoms with Crippen molar-refractivity contribution in [1.82, 2.24) is 5.32 Å². The number of carbonyl (C=O) groups is 1. The summed E-state index contributed by atoms with van der Waals surface area (Å²) < 4.78 is 0. The Kier molecular flexibility index (Phi) is 4.93. The third-order valence-corrected chi connectivity index (χ3v) is 2.18. The van der Waals surface area contributed by atoms with Crippen molar-refractivity contribution in [1.29, 1.82) is 0 Å². The van der Waals surface area contributed by atoms with Gasteiger partial charge in [-0.1, -0.05) is 19.1 Å². The molecule has 6 nitrogen and oxygen atoms in total. The van der Waals surface area contributed by atoms with E-state index in [1.54, 1.807) is 25.1 Å². The Balaban J connectivity index is 2.46. The summed E-state index contributed by atoms with van der Waals surface area (Å²) in [5.41, 5.74) is 0.498. The van der Waals surface area contributed by atoms with Crippen LogP contribution in [0.1, 0.15) is 13.3 Å². The summed E-state index contributed by atoms with van der Waals surface area (Å²) in [5.74, 6) is -0.0330. The van der Waals surface area contributed by atoms with Gasteiger partial charge in [-0.15, -0.1) is 0 Å². The number of nitrogens with zero attached hydrogens (tertiary/aromatic N) is 1. The maximum Gasteiger partial charge on any atom is 0.292 e. The maximum absolute atomic E-state index is 11.0. The van der Waals surface area contributed by atoms with Gasteiger partial charge in [0.2, 0.25) is 5.91 Å². The summed E-state index contributed by atoms with van der Waals surface area (Å²) in [6.07, 6.45) is 0.436. The molecule has 1 amide bonds. The minimum atomic E-state index is -0.438. The predicted molar refractivity (Wildman–Crippen MR) is 64.9 cm³/mol. The molecule has 0 saturated carbocycles. The van der Waals surface area contributed by atoms with Gasteiger partial charge in [-0.25, -0.2) is 0 Å². The molecule has 0 aliphatic heterocycles. The third-order valence-electron chi connectivity index (χ3n) is 2.18. The van der Waals surface area contributed by atoms with Gasteiger partial charge in [0.1, 0.15) is 5.69 Å². The number of hydrogen-bond donors (Lipinski definition) is 2. The van der Waals surface area contributed by atoms with Gasteiger partial charge in [0, 0.05) is 25.6 Å². The van der Waals surface area contributed by atoms with Crippen molar-refractivity contribution >= 4 is 17.3 Å². The van der Waals surface area contributed by atoms with Crippen molar-refractivity contribution in [3.8, 4) is 0 Å². The maximum atomic E-state index is 11.0. The predicted octanol–water partition coefficient (Wildman–Crippen LogP) is 1.53. The molecule has 0 atom stereocenters. The molecule has 0 fully saturated rings. The lowest BCUT2D eigenvalue weighted by Crippen LogP contribution is -2.28. The Bertz CT molecular complexity index is 407. The van der Waals surface area contributed by atoms with E-state index in [4.69, 9.17) is 0 Å². The molecule has 0 spiro atoms. The number of anilines is 1. The molecule has 1 rings (SSSR count). The van der Waals surface area contributed by atoms with Crippen LogP contribution in [-0.2, 0) is 4.79 Å². The average Bonchev–Trinajstić information content (AvgIpc) is 2.34. The Morgan fingerprint density at radius 1 is 1.35 bits per heavy atom. The Labute approximate surface area is 99.2 Å². The van der Waals surface area contributed by atoms with Gasteiger partial charge in [0.05, 0.1) is 4.92 Å². The van der Waals surface area contributed by atoms with Crippen LogP contribution in [0.15, 0.2) is 24.3 Å². The average molecular weight is 237 g/mol. The number of benzene rings is 1. The first-order valence-electron chi connectivity index (χ1n) is 5.39. The molecule has 1 aromatic rings. The summed E-state index contributed by atoms with van der Waals surface area (Å²) in [4.78, 5) is 21.2. The fraction of sp³-hybridized carbons (Fsp3) is 0.364. The topological polar surface area (TPSA) is 84.3 Å². The first kappa shape index (κ1) is 13.0. The van der Waals surface area contributed by atoms with Crippen LogP contribution in [0.4, 0.5) is 11.4 Å². The fourth-order valence-corrected chi connectivity index (χ4v) is 1.31. The van der Waals surface area contributed by atoms with E-state index in [9.17, 15) is 14.9 Å². The SMILES string of the molecule is CCC(=O)NCCNc1ccccc1[N+](=O)[O-]. The van der Waals surface area contributed by atoms with Crippen molar-refractivity contribution in [3.63, 3.8) is 0 Å². The molecule has 0 radical (unpaired) electrons. The molecule has 0 bridgehead atoms. The van der Waals surface area contributed by atoms with Crippen molar-refractivity contribution in [2.45, 2.75) is 13.3 Å². The van der Waals surface area contributed by atoms with Crippen LogP contribution in [0.3, 0.4) is 0 Å². The van der Waals surface area contributed by atoms with Crippen LogP contribution >= 0.6 is 0 Å². The lowest BCUT2D eigenvalue weighted by atomic mass is 10.2. The highest BCUT2D eigenvalue weighted by molar-refractivity contribution is 5.75. The molecule has 0 aliphatic rings. The van der Waals surface area contributed by atoms with Gasteiger partial charge in [-0.3, -0.25) is 14.9 Å². The molecule has 1 aromatic carbocycles. The van der Waals surface area contributed by atoms with Crippen LogP contribution < -0.4 is 10.6 Å². The Morgan fingerprint density at radius 2 is 2.06 bits per heavy atom. The van der Waals surface area contributed by atoms with E-state index in [0.29, 0.717) is 25.2 Å². The standard InChI is InChI=1S/C11H15N3O3/c1-2-11(15)13-8-7-12-9-5-3-4-6-10(9)14(16)17/h3-6,12H,2,7-8H2,1H3,(H,13,15). The van der Waals surface area contributed by atoms with Crippen LogP contribution in [0.5, 0.6) is 0 Å². The number of nitro groups is 1. The monoisotopic (exact) mass is 237 g/mol. The van der Waals surface area contributed by atoms with Gasteiger partial charge in [0.25, 0.3) is 5.69 Å². The van der Waals surface area contributed by atoms with Gasteiger partial charge in [-0.05, 0) is 6.07 Å². The largest absolute Gasteiger partial charge is 0.378 e. The van der Waals surface area contributed by atoms with E-state index in [-0.39, 0.29) is 11.6 Å². The molecule has 0 saturated heterocycles. The zero-order valence-corrected chi connectivity index (χ0v) is 9.60. The van der Waals surface area contributed by atoms with Crippen LogP contribution in [0.25, 0.3) is 0 Å². The van der Waals surface area contributed by atoms with Gasteiger partial charge in [-0.2, -0.15) is 0 Å². The smallest absolute Gasteiger partial charge is 0.292 e. The Morgan fingerprint density at radius 3 is 2.71 bits per heavy atom. The number of para-hydroxylation sites is 2. The Hall–Kier alpha value is -2.11. The molecular weight excluding hydrogens is 222 g/mol. The fourth-order valence-electron chi connectivity index (χ4n) is 1.31. The van der Waals surface area contributed by atoms with E-state index in [2.05, 4.69) is 10.6 Å². The summed E-state index contributed by atoms with van der Waals surface area (Å²) in [7, 11) is 0. The third kappa shape index (κ3) is 4.10. The first-order valence-corrected chi connectivity index (χ1v) is 5.39. The van der Waals surface area contributed by atoms with E-state index in [0.717, 1.165) is 0 Å². The number of rotatable bonds is 6. The molecule has 6 heteroatoms. The second-order valence-electron chi connectivity index (χ2n) is 3.40. The number of nitrogens with one attached hydrogen (secondary N) is 2. The lowest BCUT2D eigenvalue weighted by molar-refractivity contribution is -0.384. The van der Waals surface area contributed by atoms with Gasteiger partial charge in [0.15, 0.2) is 0 Å². The number of hydrogen-bond acceptors (Lipinski definition) is 4. The summed E-state index contributed by atoms with van der Waals surface area (Å²) in [6, 6.07) is 6.41. The van der Waals surface area contributed by atoms with Crippen LogP contribution in [0.2, 0.25) is 0 Å². The zero-order valence-electron chi connectivity index (χ0n) is 9.60. The molecular formula is C11H15N3O3. The lowest BCUT2D eigenvalue weighted by Gasteiger charge is -2.07. The molecule has 0 aromatic heterocycles. The van der Waals surface area contributed by atoms with E-state index in [1.165, 1.54) is 6.07 Å². The van der Waals surface area contributed by atoms with Gasteiger partial charge < -0.3 is 10.6 Å². The van der Waals surface area contributed by atoms with Crippen molar-refractivity contribution in [2.75, 3.05) is 18.4 Å². The van der Waals surface area contributed by atoms with Crippen molar-refractivity contribution < 1.29 is 9.72 Å². The molecule has 0 unspecified atom stereocenters. The molecule has 2 N–H and O–H groups in total. The molecule has 0 aliphatic carbocycles. The van der Waals surface area contributed by atoms with E-state index >= 15 is 0 Å². The minimum absolute atomic E-state index is 0.0330. The highest BCUT2D eigenvalue weighted by Crippen LogP contribution is 2.22. The number of nitro benzene ring substituents is 1. The molecule has 0 heterocycles. The summed E-state index contributed by atoms with van der Waals surface area (Å²) in [6.45, 7) is 2.67.